The number of quaternary nitrogens is 1. The lowest BCUT2D eigenvalue weighted by atomic mass is 10.0. The van der Waals surface area contributed by atoms with Gasteiger partial charge in [-0.15, -0.1) is 23.1 Å². The lowest BCUT2D eigenvalue weighted by Gasteiger charge is -2.50. The number of nitrogens with zero attached hydrogens (tertiary/aromatic N) is 4. The number of fused-ring (bicyclic) bond motifs is 1. The Balaban J connectivity index is 1.29. The van der Waals surface area contributed by atoms with Gasteiger partial charge in [0, 0.05) is 54.5 Å². The maximum absolute atomic E-state index is 13.5. The number of phenolic OH excluding ortho intramolecular Hbond substituents is 2. The Morgan fingerprint density at radius 2 is 1.96 bits per heavy atom. The number of carboxylic acid groups (broad SMARTS) is 1. The predicted molar refractivity (Wildman–Crippen MR) is 181 cm³/mol. The maximum Gasteiger partial charge on any atom is 0.352 e. The molecular weight excluding hydrogens is 695 g/mol. The first-order valence-corrected chi connectivity index (χ1v) is 17.5. The van der Waals surface area contributed by atoms with E-state index >= 15 is 0 Å². The van der Waals surface area contributed by atoms with E-state index in [1.54, 1.807) is 0 Å². The summed E-state index contributed by atoms with van der Waals surface area (Å²) in [6.45, 7) is 7.14. The number of anilines is 1. The molecule has 268 valence electrons. The van der Waals surface area contributed by atoms with E-state index in [1.807, 2.05) is 0 Å². The van der Waals surface area contributed by atoms with Crippen molar-refractivity contribution in [3.63, 3.8) is 0 Å². The molecule has 2 saturated heterocycles. The summed E-state index contributed by atoms with van der Waals surface area (Å²) in [7, 11) is 0. The van der Waals surface area contributed by atoms with Crippen molar-refractivity contribution in [1.82, 2.24) is 20.5 Å². The van der Waals surface area contributed by atoms with Gasteiger partial charge in [0.1, 0.15) is 29.4 Å². The van der Waals surface area contributed by atoms with Gasteiger partial charge in [0.15, 0.2) is 22.3 Å². The molecule has 50 heavy (non-hydrogen) atoms. The zero-order valence-electron chi connectivity index (χ0n) is 27.5. The van der Waals surface area contributed by atoms with Crippen molar-refractivity contribution in [3.05, 3.63) is 45.6 Å². The van der Waals surface area contributed by atoms with Crippen LogP contribution in [0.4, 0.5) is 5.13 Å². The summed E-state index contributed by atoms with van der Waals surface area (Å²) in [6.07, 6.45) is 1.83. The molecule has 3 aliphatic rings. The molecule has 0 aliphatic carbocycles. The van der Waals surface area contributed by atoms with Gasteiger partial charge >= 0.3 is 5.97 Å². The largest absolute Gasteiger partial charge is 0.504 e. The molecule has 2 atom stereocenters. The first-order chi connectivity index (χ1) is 23.7. The van der Waals surface area contributed by atoms with Gasteiger partial charge in [-0.25, -0.2) is 9.78 Å². The number of rotatable bonds is 14. The summed E-state index contributed by atoms with van der Waals surface area (Å²) >= 11 is 2.37. The Labute approximate surface area is 294 Å². The Bertz CT molecular complexity index is 1770. The van der Waals surface area contributed by atoms with Crippen molar-refractivity contribution in [1.29, 1.82) is 0 Å². The van der Waals surface area contributed by atoms with Crippen LogP contribution in [0.2, 0.25) is 0 Å². The number of aliphatic carboxylic acids is 1. The Morgan fingerprint density at radius 3 is 2.60 bits per heavy atom. The van der Waals surface area contributed by atoms with E-state index in [9.17, 15) is 39.3 Å². The number of carbonyl (C=O) groups excluding carboxylic acids is 4. The minimum atomic E-state index is -1.52. The highest BCUT2D eigenvalue weighted by Crippen LogP contribution is 2.41. The number of likely N-dealkylation sites (tertiary alicyclic amines) is 1. The molecule has 7 N–H and O–H groups in total. The number of amides is 3. The van der Waals surface area contributed by atoms with Gasteiger partial charge in [-0.1, -0.05) is 5.16 Å². The molecule has 0 bridgehead atoms. The number of carboxylic acids is 1. The van der Waals surface area contributed by atoms with Crippen molar-refractivity contribution in [2.24, 2.45) is 5.16 Å². The number of oxime groups is 1. The molecule has 0 radical (unpaired) electrons. The normalized spacial score (nSPS) is 20.1. The molecular formula is C31H38N7O10S2+. The lowest BCUT2D eigenvalue weighted by molar-refractivity contribution is -0.911. The van der Waals surface area contributed by atoms with Crippen LogP contribution in [0, 0.1) is 6.92 Å². The van der Waals surface area contributed by atoms with Crippen LogP contribution in [0.1, 0.15) is 48.3 Å². The van der Waals surface area contributed by atoms with Crippen LogP contribution in [-0.4, -0.2) is 121 Å². The standard InChI is InChI=1S/C31H37N7O10S2/c1-16-18(6-7-20(40)24(16)41)25(42)33-8-11-38(9-4-5-10-38)12-17-13-49-28-22(27(44)37(28)23(17)29(45)46)35-26(43)21(19-14-50-30(32)34-19)36-48-31(2,3)47-15-39/h6-7,14-15,22,28H,4-5,8-13H2,1-3H3,(H6-,32,33,34,35,36,40,41,42,43,45,46)/p+1/t22-,28-/m1/s1. The fourth-order valence-corrected chi connectivity index (χ4v) is 8.10. The molecule has 2 fully saturated rings. The van der Waals surface area contributed by atoms with Crippen molar-refractivity contribution >= 4 is 64.1 Å². The third-order valence-corrected chi connectivity index (χ3v) is 10.8. The maximum atomic E-state index is 13.5. The topological polar surface area (TPSA) is 243 Å². The van der Waals surface area contributed by atoms with Crippen LogP contribution < -0.4 is 16.4 Å². The van der Waals surface area contributed by atoms with Crippen LogP contribution in [0.5, 0.6) is 11.5 Å². The van der Waals surface area contributed by atoms with E-state index in [0.29, 0.717) is 28.9 Å². The highest BCUT2D eigenvalue weighted by Gasteiger charge is 2.55. The average molecular weight is 733 g/mol. The van der Waals surface area contributed by atoms with Gasteiger partial charge in [0.2, 0.25) is 0 Å². The van der Waals surface area contributed by atoms with Gasteiger partial charge in [0.05, 0.1) is 26.2 Å². The third kappa shape index (κ3) is 7.48. The summed E-state index contributed by atoms with van der Waals surface area (Å²) in [6, 6.07) is 1.61. The monoisotopic (exact) mass is 732 g/mol. The van der Waals surface area contributed by atoms with E-state index in [1.165, 1.54) is 54.9 Å². The summed E-state index contributed by atoms with van der Waals surface area (Å²) in [5, 5.41) is 40.3. The fraction of sp³-hybridized carbons (Fsp3) is 0.452. The number of benzene rings is 1. The first kappa shape index (κ1) is 36.4. The van der Waals surface area contributed by atoms with Gasteiger partial charge in [-0.2, -0.15) is 0 Å². The lowest BCUT2D eigenvalue weighted by Crippen LogP contribution is -2.71. The number of aromatic hydroxyl groups is 2. The summed E-state index contributed by atoms with van der Waals surface area (Å²) in [4.78, 5) is 73.8. The van der Waals surface area contributed by atoms with E-state index in [-0.39, 0.29) is 57.9 Å². The number of nitrogens with two attached hydrogens (primary N) is 1. The van der Waals surface area contributed by atoms with Crippen molar-refractivity contribution in [3.8, 4) is 11.5 Å². The van der Waals surface area contributed by atoms with E-state index in [0.717, 1.165) is 37.3 Å². The molecule has 19 heteroatoms. The number of aromatic nitrogens is 1. The van der Waals surface area contributed by atoms with Crippen molar-refractivity contribution in [2.45, 2.75) is 50.8 Å². The molecule has 3 amide bonds. The summed E-state index contributed by atoms with van der Waals surface area (Å²) in [5.74, 6) is -5.02. The zero-order chi connectivity index (χ0) is 36.4. The smallest absolute Gasteiger partial charge is 0.352 e. The number of nitrogens with one attached hydrogen (secondary N) is 2. The van der Waals surface area contributed by atoms with Crippen LogP contribution in [0.25, 0.3) is 0 Å². The average Bonchev–Trinajstić information content (AvgIpc) is 3.71. The Hall–Kier alpha value is -4.88. The molecule has 17 nitrogen and oxygen atoms in total. The second-order valence-electron chi connectivity index (χ2n) is 12.6. The summed E-state index contributed by atoms with van der Waals surface area (Å²) < 4.78 is 5.33. The van der Waals surface area contributed by atoms with Crippen LogP contribution in [0.3, 0.4) is 0 Å². The minimum Gasteiger partial charge on any atom is -0.504 e. The number of carbonyl (C=O) groups is 5. The SMILES string of the molecule is Cc1c(C(=O)NCC[N+]2(CC3=C(C(=O)O)N4C(=O)[C@@H](NC(=O)/C(=N\OC(C)(C)OC=O)c5csc(N)n5)[C@H]4SC3)CCCC2)ccc(O)c1O. The number of thiazole rings is 1. The van der Waals surface area contributed by atoms with Gasteiger partial charge in [-0.3, -0.25) is 24.1 Å². The van der Waals surface area contributed by atoms with Gasteiger partial charge < -0.3 is 45.7 Å². The molecule has 0 saturated carbocycles. The molecule has 4 heterocycles. The second-order valence-corrected chi connectivity index (χ2v) is 14.6. The van der Waals surface area contributed by atoms with E-state index in [2.05, 4.69) is 20.8 Å². The Morgan fingerprint density at radius 1 is 1.24 bits per heavy atom. The Kier molecular flexibility index (Phi) is 10.6. The number of β-lactam (4-membered cyclic amide) rings is 1. The number of phenols is 2. The molecule has 0 unspecified atom stereocenters. The molecule has 1 aromatic heterocycles. The quantitative estimate of drug-likeness (QED) is 0.0301. The van der Waals surface area contributed by atoms with E-state index in [4.69, 9.17) is 15.3 Å². The fourth-order valence-electron chi connectivity index (χ4n) is 6.21. The molecule has 2 aromatic rings. The molecule has 5 rings (SSSR count). The number of thioether (sulfide) groups is 1. The number of hydrogen-bond donors (Lipinski definition) is 6. The minimum absolute atomic E-state index is 0.0624. The van der Waals surface area contributed by atoms with Gasteiger partial charge in [-0.05, 0) is 19.1 Å². The molecule has 3 aliphatic heterocycles. The third-order valence-electron chi connectivity index (χ3n) is 8.77. The van der Waals surface area contributed by atoms with Crippen LogP contribution >= 0.6 is 23.1 Å². The summed E-state index contributed by atoms with van der Waals surface area (Å²) in [5.41, 5.74) is 6.43. The first-order valence-electron chi connectivity index (χ1n) is 15.6. The van der Waals surface area contributed by atoms with E-state index < -0.39 is 40.9 Å². The number of nitrogen functional groups attached to an aromatic ring is 1. The molecule has 1 aromatic carbocycles. The van der Waals surface area contributed by atoms with Crippen LogP contribution in [0.15, 0.2) is 33.9 Å². The predicted octanol–water partition coefficient (Wildman–Crippen LogP) is 0.854. The van der Waals surface area contributed by atoms with Crippen molar-refractivity contribution in [2.75, 3.05) is 44.2 Å². The highest BCUT2D eigenvalue weighted by atomic mass is 32.2. The zero-order valence-corrected chi connectivity index (χ0v) is 29.1. The molecule has 0 spiro atoms. The second kappa shape index (κ2) is 14.5. The van der Waals surface area contributed by atoms with Crippen molar-refractivity contribution < 1.29 is 53.3 Å². The number of hydrogen-bond acceptors (Lipinski definition) is 14. The van der Waals surface area contributed by atoms with Crippen LogP contribution in [-0.2, 0) is 28.8 Å². The van der Waals surface area contributed by atoms with Gasteiger partial charge in [0.25, 0.3) is 30.0 Å². The number of ether oxygens (including phenoxy) is 1. The highest BCUT2D eigenvalue weighted by molar-refractivity contribution is 8.00.